The van der Waals surface area contributed by atoms with E-state index < -0.39 is 6.17 Å². The molecule has 0 radical (unpaired) electrons. The molecule has 0 saturated carbocycles. The molecule has 0 N–H and O–H groups in total. The number of aromatic nitrogens is 2. The predicted octanol–water partition coefficient (Wildman–Crippen LogP) is 6.84. The van der Waals surface area contributed by atoms with Crippen LogP contribution in [0.4, 0.5) is 4.39 Å². The summed E-state index contributed by atoms with van der Waals surface area (Å²) in [7, 11) is 0. The summed E-state index contributed by atoms with van der Waals surface area (Å²) < 4.78 is 18.3. The summed E-state index contributed by atoms with van der Waals surface area (Å²) >= 11 is 0. The molecule has 1 heterocycles. The lowest BCUT2D eigenvalue weighted by Gasteiger charge is -2.07. The van der Waals surface area contributed by atoms with Gasteiger partial charge in [-0.25, -0.2) is 4.39 Å². The van der Waals surface area contributed by atoms with E-state index in [1.807, 2.05) is 30.5 Å². The first-order valence-electron chi connectivity index (χ1n) is 10.6. The van der Waals surface area contributed by atoms with E-state index in [9.17, 15) is 4.39 Å². The van der Waals surface area contributed by atoms with E-state index in [0.29, 0.717) is 13.0 Å². The maximum atomic E-state index is 12.8. The van der Waals surface area contributed by atoms with Crippen molar-refractivity contribution >= 4 is 0 Å². The highest BCUT2D eigenvalue weighted by Crippen LogP contribution is 2.23. The number of benzene rings is 2. The van der Waals surface area contributed by atoms with Crippen LogP contribution >= 0.6 is 0 Å². The van der Waals surface area contributed by atoms with Crippen LogP contribution in [-0.4, -0.2) is 22.7 Å². The van der Waals surface area contributed by atoms with Crippen LogP contribution in [0.25, 0.3) is 22.5 Å². The Kier molecular flexibility index (Phi) is 8.13. The Hall–Kier alpha value is -3.01. The molecule has 3 aromatic rings. The number of nitrogens with zero attached hydrogens (tertiary/aromatic N) is 2. The average molecular weight is 405 g/mol. The zero-order valence-electron chi connectivity index (χ0n) is 17.6. The molecule has 3 rings (SSSR count). The first-order chi connectivity index (χ1) is 14.7. The van der Waals surface area contributed by atoms with Gasteiger partial charge in [0.25, 0.3) is 0 Å². The van der Waals surface area contributed by atoms with Gasteiger partial charge in [-0.05, 0) is 56.0 Å². The second-order valence-corrected chi connectivity index (χ2v) is 7.49. The Balaban J connectivity index is 1.56. The average Bonchev–Trinajstić information content (AvgIpc) is 2.78. The molecule has 30 heavy (non-hydrogen) atoms. The Morgan fingerprint density at radius 3 is 2.03 bits per heavy atom. The lowest BCUT2D eigenvalue weighted by atomic mass is 10.0. The zero-order chi connectivity index (χ0) is 21.2. The summed E-state index contributed by atoms with van der Waals surface area (Å²) in [6, 6.07) is 16.3. The maximum Gasteiger partial charge on any atom is 0.119 e. The molecule has 1 aromatic heterocycles. The van der Waals surface area contributed by atoms with E-state index in [-0.39, 0.29) is 0 Å². The second kappa shape index (κ2) is 11.2. The van der Waals surface area contributed by atoms with Crippen molar-refractivity contribution in [1.82, 2.24) is 9.97 Å². The van der Waals surface area contributed by atoms with Gasteiger partial charge in [-0.1, -0.05) is 49.8 Å². The van der Waals surface area contributed by atoms with Crippen molar-refractivity contribution in [2.45, 2.75) is 45.2 Å². The van der Waals surface area contributed by atoms with Crippen molar-refractivity contribution in [3.8, 4) is 28.3 Å². The summed E-state index contributed by atoms with van der Waals surface area (Å²) in [6.45, 7) is 5.77. The fraction of sp³-hybridized carbons (Fsp3) is 0.308. The number of hydrogen-bond donors (Lipinski definition) is 0. The molecule has 0 saturated heterocycles. The highest BCUT2D eigenvalue weighted by molar-refractivity contribution is 5.63. The molecule has 0 spiro atoms. The van der Waals surface area contributed by atoms with E-state index in [4.69, 9.17) is 4.74 Å². The van der Waals surface area contributed by atoms with Gasteiger partial charge in [0.2, 0.25) is 0 Å². The molecule has 156 valence electrons. The van der Waals surface area contributed by atoms with Crippen molar-refractivity contribution in [2.24, 2.45) is 0 Å². The minimum Gasteiger partial charge on any atom is -0.490 e. The van der Waals surface area contributed by atoms with Crippen molar-refractivity contribution in [3.63, 3.8) is 0 Å². The van der Waals surface area contributed by atoms with Crippen LogP contribution in [0.3, 0.4) is 0 Å². The summed E-state index contributed by atoms with van der Waals surface area (Å²) in [4.78, 5) is 9.16. The predicted molar refractivity (Wildman–Crippen MR) is 121 cm³/mol. The Morgan fingerprint density at radius 2 is 1.50 bits per heavy atom. The van der Waals surface area contributed by atoms with Crippen LogP contribution in [0, 0.1) is 0 Å². The van der Waals surface area contributed by atoms with E-state index in [1.54, 1.807) is 19.2 Å². The number of ether oxygens (including phenoxy) is 1. The first kappa shape index (κ1) is 21.7. The topological polar surface area (TPSA) is 35.0 Å². The molecular weight excluding hydrogens is 375 g/mol. The van der Waals surface area contributed by atoms with Crippen molar-refractivity contribution in [3.05, 3.63) is 79.1 Å². The smallest absolute Gasteiger partial charge is 0.119 e. The van der Waals surface area contributed by atoms with Crippen LogP contribution in [-0.2, 0) is 6.42 Å². The molecule has 1 atom stereocenters. The van der Waals surface area contributed by atoms with Crippen LogP contribution in [0.15, 0.2) is 73.6 Å². The van der Waals surface area contributed by atoms with Gasteiger partial charge in [0, 0.05) is 11.1 Å². The third-order valence-electron chi connectivity index (χ3n) is 4.99. The first-order valence-corrected chi connectivity index (χ1v) is 10.6. The third kappa shape index (κ3) is 6.51. The Labute approximate surface area is 178 Å². The minimum absolute atomic E-state index is 0.491. The largest absolute Gasteiger partial charge is 0.490 e. The lowest BCUT2D eigenvalue weighted by Crippen LogP contribution is -1.93. The number of unbranched alkanes of at least 4 members (excludes halogenated alkanes) is 2. The van der Waals surface area contributed by atoms with Gasteiger partial charge < -0.3 is 4.74 Å². The highest BCUT2D eigenvalue weighted by Gasteiger charge is 2.05. The van der Waals surface area contributed by atoms with Gasteiger partial charge in [0.1, 0.15) is 12.4 Å². The lowest BCUT2D eigenvalue weighted by molar-refractivity contribution is 0.330. The highest BCUT2D eigenvalue weighted by atomic mass is 19.1. The minimum atomic E-state index is -0.688. The Morgan fingerprint density at radius 1 is 0.900 bits per heavy atom. The molecule has 0 bridgehead atoms. The summed E-state index contributed by atoms with van der Waals surface area (Å²) in [5.74, 6) is 0.806. The monoisotopic (exact) mass is 404 g/mol. The van der Waals surface area contributed by atoms with Crippen molar-refractivity contribution in [2.75, 3.05) is 6.61 Å². The molecule has 3 nitrogen and oxygen atoms in total. The summed E-state index contributed by atoms with van der Waals surface area (Å²) in [5, 5.41) is 0. The van der Waals surface area contributed by atoms with Crippen LogP contribution in [0.2, 0.25) is 0 Å². The van der Waals surface area contributed by atoms with E-state index in [2.05, 4.69) is 40.8 Å². The molecule has 0 aliphatic carbocycles. The fourth-order valence-corrected chi connectivity index (χ4v) is 3.28. The van der Waals surface area contributed by atoms with Gasteiger partial charge in [0.15, 0.2) is 0 Å². The van der Waals surface area contributed by atoms with Crippen molar-refractivity contribution in [1.29, 1.82) is 0 Å². The number of hydrogen-bond acceptors (Lipinski definition) is 3. The van der Waals surface area contributed by atoms with Crippen LogP contribution in [0.1, 0.15) is 38.2 Å². The van der Waals surface area contributed by atoms with Gasteiger partial charge in [-0.2, -0.15) is 0 Å². The number of aryl methyl sites for hydroxylation is 1. The SMILES string of the molecule is C=CCOc1ccc(-c2cnc(-c3ccc(CCCCCC(C)F)cc3)cn2)cc1. The quantitative estimate of drug-likeness (QED) is 0.259. The number of rotatable bonds is 11. The van der Waals surface area contributed by atoms with E-state index in [1.165, 1.54) is 5.56 Å². The van der Waals surface area contributed by atoms with Gasteiger partial charge in [0.05, 0.1) is 30.0 Å². The molecule has 1 unspecified atom stereocenters. The van der Waals surface area contributed by atoms with Crippen LogP contribution in [0.5, 0.6) is 5.75 Å². The number of halogens is 1. The second-order valence-electron chi connectivity index (χ2n) is 7.49. The molecule has 2 aromatic carbocycles. The van der Waals surface area contributed by atoms with Gasteiger partial charge in [-0.3, -0.25) is 9.97 Å². The zero-order valence-corrected chi connectivity index (χ0v) is 17.6. The fourth-order valence-electron chi connectivity index (χ4n) is 3.28. The standard InChI is InChI=1S/C26H29FN2O/c1-3-17-30-24-15-13-23(14-16-24)26-19-28-25(18-29-26)22-11-9-21(10-12-22)8-6-4-5-7-20(2)27/h3,9-16,18-20H,1,4-8,17H2,2H3. The van der Waals surface area contributed by atoms with E-state index in [0.717, 1.165) is 53.9 Å². The molecule has 0 amide bonds. The molecule has 0 fully saturated rings. The van der Waals surface area contributed by atoms with E-state index >= 15 is 0 Å². The Bertz CT molecular complexity index is 903. The normalized spacial score (nSPS) is 11.8. The molecule has 0 aliphatic rings. The summed E-state index contributed by atoms with van der Waals surface area (Å²) in [5.41, 5.74) is 5.03. The summed E-state index contributed by atoms with van der Waals surface area (Å²) in [6.07, 6.45) is 9.47. The molecular formula is C26H29FN2O. The number of alkyl halides is 1. The maximum absolute atomic E-state index is 12.8. The van der Waals surface area contributed by atoms with Crippen molar-refractivity contribution < 1.29 is 9.13 Å². The van der Waals surface area contributed by atoms with Gasteiger partial charge in [-0.15, -0.1) is 0 Å². The van der Waals surface area contributed by atoms with Gasteiger partial charge >= 0.3 is 0 Å². The molecule has 4 heteroatoms. The molecule has 0 aliphatic heterocycles. The van der Waals surface area contributed by atoms with Crippen LogP contribution < -0.4 is 4.74 Å². The third-order valence-corrected chi connectivity index (χ3v) is 4.99.